The molecule has 4 aromatic rings. The number of para-hydroxylation sites is 1. The van der Waals surface area contributed by atoms with Crippen LogP contribution in [0.2, 0.25) is 0 Å². The van der Waals surface area contributed by atoms with Crippen LogP contribution in [-0.2, 0) is 0 Å². The molecule has 1 fully saturated rings. The molecule has 8 heteroatoms. The van der Waals surface area contributed by atoms with Crippen LogP contribution >= 0.6 is 0 Å². The van der Waals surface area contributed by atoms with Gasteiger partial charge in [-0.15, -0.1) is 0 Å². The molecular formula is C26H24N4O4. The van der Waals surface area contributed by atoms with Gasteiger partial charge in [0.15, 0.2) is 5.76 Å². The van der Waals surface area contributed by atoms with Crippen molar-refractivity contribution in [2.24, 2.45) is 0 Å². The minimum atomic E-state index is -0.136. The average molecular weight is 457 g/mol. The molecule has 0 bridgehead atoms. The molecule has 0 spiro atoms. The Morgan fingerprint density at radius 2 is 1.59 bits per heavy atom. The van der Waals surface area contributed by atoms with E-state index in [9.17, 15) is 9.59 Å². The Labute approximate surface area is 197 Å². The number of carbonyl (C=O) groups excluding carboxylic acids is 2. The lowest BCUT2D eigenvalue weighted by Gasteiger charge is -2.34. The number of methoxy groups -OCH3 is 1. The fraction of sp³-hybridized carbons (Fsp3) is 0.192. The predicted octanol–water partition coefficient (Wildman–Crippen LogP) is 3.74. The third-order valence-electron chi connectivity index (χ3n) is 5.87. The van der Waals surface area contributed by atoms with Gasteiger partial charge >= 0.3 is 0 Å². The van der Waals surface area contributed by atoms with Crippen LogP contribution in [0.25, 0.3) is 17.1 Å². The van der Waals surface area contributed by atoms with Crippen LogP contribution in [0, 0.1) is 0 Å². The minimum Gasteiger partial charge on any atom is -0.497 e. The summed E-state index contributed by atoms with van der Waals surface area (Å²) in [5.74, 6) is 1.03. The summed E-state index contributed by atoms with van der Waals surface area (Å²) in [6.45, 7) is 1.77. The number of ether oxygens (including phenoxy) is 1. The first-order valence-electron chi connectivity index (χ1n) is 11.1. The van der Waals surface area contributed by atoms with Crippen molar-refractivity contribution in [3.63, 3.8) is 0 Å². The van der Waals surface area contributed by atoms with Gasteiger partial charge < -0.3 is 19.0 Å². The SMILES string of the molecule is COc1cccc(C(=O)N2CCN(C(=O)c3cc(-c4ccco4)nn3-c3ccccc3)CC2)c1. The molecule has 8 nitrogen and oxygen atoms in total. The first-order valence-corrected chi connectivity index (χ1v) is 11.1. The molecule has 2 amide bonds. The van der Waals surface area contributed by atoms with E-state index >= 15 is 0 Å². The lowest BCUT2D eigenvalue weighted by atomic mass is 10.1. The highest BCUT2D eigenvalue weighted by atomic mass is 16.5. The topological polar surface area (TPSA) is 80.8 Å². The van der Waals surface area contributed by atoms with Crippen molar-refractivity contribution in [3.05, 3.63) is 90.3 Å². The van der Waals surface area contributed by atoms with Crippen molar-refractivity contribution >= 4 is 11.8 Å². The fourth-order valence-electron chi connectivity index (χ4n) is 4.06. The Kier molecular flexibility index (Phi) is 5.86. The second kappa shape index (κ2) is 9.27. The van der Waals surface area contributed by atoms with Gasteiger partial charge in [0.25, 0.3) is 11.8 Å². The first kappa shape index (κ1) is 21.5. The second-order valence-corrected chi connectivity index (χ2v) is 7.96. The quantitative estimate of drug-likeness (QED) is 0.457. The number of furan rings is 1. The summed E-state index contributed by atoms with van der Waals surface area (Å²) in [7, 11) is 1.57. The van der Waals surface area contributed by atoms with Crippen LogP contribution in [0.15, 0.2) is 83.5 Å². The molecule has 0 aliphatic carbocycles. The smallest absolute Gasteiger partial charge is 0.272 e. The van der Waals surface area contributed by atoms with Gasteiger partial charge in [-0.3, -0.25) is 9.59 Å². The van der Waals surface area contributed by atoms with Crippen molar-refractivity contribution in [3.8, 4) is 22.9 Å². The maximum atomic E-state index is 13.5. The third-order valence-corrected chi connectivity index (χ3v) is 5.87. The number of aromatic nitrogens is 2. The first-order chi connectivity index (χ1) is 16.6. The summed E-state index contributed by atoms with van der Waals surface area (Å²) in [5.41, 5.74) is 2.40. The Balaban J connectivity index is 1.35. The van der Waals surface area contributed by atoms with Gasteiger partial charge in [-0.05, 0) is 42.5 Å². The summed E-state index contributed by atoms with van der Waals surface area (Å²) in [6.07, 6.45) is 1.58. The summed E-state index contributed by atoms with van der Waals surface area (Å²) < 4.78 is 12.4. The van der Waals surface area contributed by atoms with E-state index in [-0.39, 0.29) is 11.8 Å². The van der Waals surface area contributed by atoms with Gasteiger partial charge in [0, 0.05) is 37.8 Å². The number of carbonyl (C=O) groups is 2. The minimum absolute atomic E-state index is 0.0690. The van der Waals surface area contributed by atoms with E-state index in [1.165, 1.54) is 0 Å². The average Bonchev–Trinajstić information content (AvgIpc) is 3.59. The van der Waals surface area contributed by atoms with E-state index < -0.39 is 0 Å². The molecule has 2 aromatic heterocycles. The molecule has 0 unspecified atom stereocenters. The Bertz CT molecular complexity index is 1290. The molecule has 5 rings (SSSR count). The molecule has 0 N–H and O–H groups in total. The van der Waals surface area contributed by atoms with Gasteiger partial charge in [-0.1, -0.05) is 24.3 Å². The van der Waals surface area contributed by atoms with Gasteiger partial charge in [-0.25, -0.2) is 4.68 Å². The highest BCUT2D eigenvalue weighted by Gasteiger charge is 2.28. The van der Waals surface area contributed by atoms with Gasteiger partial charge in [0.2, 0.25) is 0 Å². The van der Waals surface area contributed by atoms with Crippen molar-refractivity contribution in [1.82, 2.24) is 19.6 Å². The highest BCUT2D eigenvalue weighted by Crippen LogP contribution is 2.24. The maximum Gasteiger partial charge on any atom is 0.272 e. The zero-order valence-corrected chi connectivity index (χ0v) is 18.8. The van der Waals surface area contributed by atoms with Crippen LogP contribution in [0.5, 0.6) is 5.75 Å². The Morgan fingerprint density at radius 3 is 2.26 bits per heavy atom. The molecular weight excluding hydrogens is 432 g/mol. The molecule has 1 aliphatic rings. The lowest BCUT2D eigenvalue weighted by Crippen LogP contribution is -2.50. The monoisotopic (exact) mass is 456 g/mol. The van der Waals surface area contributed by atoms with E-state index in [1.54, 1.807) is 64.3 Å². The molecule has 1 saturated heterocycles. The summed E-state index contributed by atoms with van der Waals surface area (Å²) in [6, 6.07) is 22.0. The van der Waals surface area contributed by atoms with E-state index in [1.807, 2.05) is 36.4 Å². The van der Waals surface area contributed by atoms with Gasteiger partial charge in [0.05, 0.1) is 19.1 Å². The second-order valence-electron chi connectivity index (χ2n) is 7.96. The summed E-state index contributed by atoms with van der Waals surface area (Å²) in [4.78, 5) is 30.0. The zero-order valence-electron chi connectivity index (χ0n) is 18.8. The number of benzene rings is 2. The predicted molar refractivity (Wildman–Crippen MR) is 126 cm³/mol. The highest BCUT2D eigenvalue weighted by molar-refractivity contribution is 5.96. The van der Waals surface area contributed by atoms with E-state index in [2.05, 4.69) is 5.10 Å². The van der Waals surface area contributed by atoms with Crippen LogP contribution in [0.4, 0.5) is 0 Å². The maximum absolute atomic E-state index is 13.5. The Morgan fingerprint density at radius 1 is 0.853 bits per heavy atom. The largest absolute Gasteiger partial charge is 0.497 e. The molecule has 1 aliphatic heterocycles. The zero-order chi connectivity index (χ0) is 23.5. The molecule has 172 valence electrons. The van der Waals surface area contributed by atoms with Crippen LogP contribution < -0.4 is 4.74 Å². The van der Waals surface area contributed by atoms with Crippen molar-refractivity contribution < 1.29 is 18.7 Å². The van der Waals surface area contributed by atoms with E-state index in [4.69, 9.17) is 9.15 Å². The van der Waals surface area contributed by atoms with Crippen LogP contribution in [-0.4, -0.2) is 64.7 Å². The number of piperazine rings is 1. The number of rotatable bonds is 5. The molecule has 2 aromatic carbocycles. The van der Waals surface area contributed by atoms with E-state index in [0.717, 1.165) is 5.69 Å². The molecule has 3 heterocycles. The van der Waals surface area contributed by atoms with Crippen LogP contribution in [0.1, 0.15) is 20.8 Å². The van der Waals surface area contributed by atoms with Crippen LogP contribution in [0.3, 0.4) is 0 Å². The molecule has 0 saturated carbocycles. The van der Waals surface area contributed by atoms with Crippen molar-refractivity contribution in [2.45, 2.75) is 0 Å². The fourth-order valence-corrected chi connectivity index (χ4v) is 4.06. The van der Waals surface area contributed by atoms with E-state index in [0.29, 0.717) is 54.6 Å². The number of hydrogen-bond acceptors (Lipinski definition) is 5. The van der Waals surface area contributed by atoms with Gasteiger partial charge in [-0.2, -0.15) is 5.10 Å². The molecule has 0 atom stereocenters. The third kappa shape index (κ3) is 4.17. The lowest BCUT2D eigenvalue weighted by molar-refractivity contribution is 0.0530. The standard InChI is InChI=1S/C26H24N4O4/c1-33-21-10-5-7-19(17-21)25(31)28-12-14-29(15-13-28)26(32)23-18-22(24-11-6-16-34-24)27-30(23)20-8-3-2-4-9-20/h2-11,16-18H,12-15H2,1H3. The van der Waals surface area contributed by atoms with Gasteiger partial charge in [0.1, 0.15) is 17.1 Å². The number of hydrogen-bond donors (Lipinski definition) is 0. The van der Waals surface area contributed by atoms with Crippen molar-refractivity contribution in [1.29, 1.82) is 0 Å². The van der Waals surface area contributed by atoms with Crippen molar-refractivity contribution in [2.75, 3.05) is 33.3 Å². The number of amides is 2. The summed E-state index contributed by atoms with van der Waals surface area (Å²) >= 11 is 0. The summed E-state index contributed by atoms with van der Waals surface area (Å²) in [5, 5.41) is 4.64. The normalized spacial score (nSPS) is 13.7. The Hall–Kier alpha value is -4.33. The molecule has 0 radical (unpaired) electrons. The molecule has 34 heavy (non-hydrogen) atoms. The number of nitrogens with zero attached hydrogens (tertiary/aromatic N) is 4.